The van der Waals surface area contributed by atoms with Crippen LogP contribution in [0.1, 0.15) is 24.0 Å². The molecule has 2 N–H and O–H groups in total. The molecule has 17 heavy (non-hydrogen) atoms. The van der Waals surface area contributed by atoms with Crippen molar-refractivity contribution in [3.63, 3.8) is 0 Å². The number of halogens is 1. The first kappa shape index (κ1) is 11.4. The second-order valence-corrected chi connectivity index (χ2v) is 5.72. The summed E-state index contributed by atoms with van der Waals surface area (Å²) in [6.45, 7) is 4.05. The number of rotatable bonds is 2. The van der Waals surface area contributed by atoms with Gasteiger partial charge in [0.1, 0.15) is 13.2 Å². The molecule has 1 saturated carbocycles. The molecule has 1 aliphatic carbocycles. The molecule has 0 bridgehead atoms. The zero-order valence-corrected chi connectivity index (χ0v) is 11.5. The van der Waals surface area contributed by atoms with E-state index in [1.807, 2.05) is 6.07 Å². The van der Waals surface area contributed by atoms with Crippen LogP contribution in [0.15, 0.2) is 10.5 Å². The third-order valence-electron chi connectivity index (χ3n) is 3.80. The van der Waals surface area contributed by atoms with E-state index in [4.69, 9.17) is 15.2 Å². The fourth-order valence-electron chi connectivity index (χ4n) is 2.59. The predicted octanol–water partition coefficient (Wildman–Crippen LogP) is 2.52. The van der Waals surface area contributed by atoms with Crippen LogP contribution >= 0.6 is 15.9 Å². The molecule has 3 nitrogen and oxygen atoms in total. The van der Waals surface area contributed by atoms with E-state index in [-0.39, 0.29) is 5.41 Å². The van der Waals surface area contributed by atoms with Crippen molar-refractivity contribution >= 4 is 15.9 Å². The molecule has 1 aromatic rings. The van der Waals surface area contributed by atoms with Crippen LogP contribution in [0.4, 0.5) is 0 Å². The maximum Gasteiger partial charge on any atom is 0.165 e. The largest absolute Gasteiger partial charge is 0.486 e. The van der Waals surface area contributed by atoms with Gasteiger partial charge in [-0.15, -0.1) is 0 Å². The first-order valence-corrected chi connectivity index (χ1v) is 6.76. The maximum atomic E-state index is 5.94. The van der Waals surface area contributed by atoms with Crippen LogP contribution < -0.4 is 15.2 Å². The van der Waals surface area contributed by atoms with Gasteiger partial charge in [-0.25, -0.2) is 0 Å². The Labute approximate surface area is 109 Å². The fourth-order valence-corrected chi connectivity index (χ4v) is 3.00. The van der Waals surface area contributed by atoms with Crippen molar-refractivity contribution < 1.29 is 9.47 Å². The molecule has 0 aromatic heterocycles. The van der Waals surface area contributed by atoms with Gasteiger partial charge in [-0.05, 0) is 31.4 Å². The molecule has 0 spiro atoms. The molecule has 1 aliphatic heterocycles. The molecule has 0 amide bonds. The minimum Gasteiger partial charge on any atom is -0.486 e. The van der Waals surface area contributed by atoms with Gasteiger partial charge in [0, 0.05) is 22.0 Å². The first-order valence-electron chi connectivity index (χ1n) is 5.97. The number of fused-ring (bicyclic) bond motifs is 1. The molecule has 92 valence electrons. The molecule has 0 saturated heterocycles. The van der Waals surface area contributed by atoms with E-state index < -0.39 is 0 Å². The standard InChI is InChI=1S/C13H16BrNO2/c1-8-9(14)6-10-12(17-5-4-16-10)11(8)13(7-15)2-3-13/h6H,2-5,7,15H2,1H3. The highest BCUT2D eigenvalue weighted by molar-refractivity contribution is 9.10. The summed E-state index contributed by atoms with van der Waals surface area (Å²) in [5.74, 6) is 1.77. The Morgan fingerprint density at radius 3 is 2.71 bits per heavy atom. The van der Waals surface area contributed by atoms with Gasteiger partial charge in [0.15, 0.2) is 11.5 Å². The van der Waals surface area contributed by atoms with Gasteiger partial charge in [0.25, 0.3) is 0 Å². The van der Waals surface area contributed by atoms with Gasteiger partial charge in [-0.1, -0.05) is 15.9 Å². The third-order valence-corrected chi connectivity index (χ3v) is 4.63. The lowest BCUT2D eigenvalue weighted by molar-refractivity contribution is 0.168. The number of nitrogens with two attached hydrogens (primary N) is 1. The zero-order chi connectivity index (χ0) is 12.0. The van der Waals surface area contributed by atoms with Crippen molar-refractivity contribution in [3.8, 4) is 11.5 Å². The molecular weight excluding hydrogens is 282 g/mol. The summed E-state index contributed by atoms with van der Waals surface area (Å²) in [6.07, 6.45) is 2.30. The Balaban J connectivity index is 2.21. The van der Waals surface area contributed by atoms with E-state index in [1.165, 1.54) is 11.1 Å². The maximum absolute atomic E-state index is 5.94. The number of hydrogen-bond acceptors (Lipinski definition) is 3. The minimum atomic E-state index is 0.124. The van der Waals surface area contributed by atoms with Crippen molar-refractivity contribution in [2.75, 3.05) is 19.8 Å². The minimum absolute atomic E-state index is 0.124. The van der Waals surface area contributed by atoms with Gasteiger partial charge in [0.2, 0.25) is 0 Å². The lowest BCUT2D eigenvalue weighted by atomic mass is 9.90. The summed E-state index contributed by atoms with van der Waals surface area (Å²) in [5.41, 5.74) is 8.55. The molecule has 0 atom stereocenters. The fraction of sp³-hybridized carbons (Fsp3) is 0.538. The second-order valence-electron chi connectivity index (χ2n) is 4.87. The van der Waals surface area contributed by atoms with Crippen LogP contribution in [0.2, 0.25) is 0 Å². The van der Waals surface area contributed by atoms with Crippen LogP contribution in [-0.4, -0.2) is 19.8 Å². The lowest BCUT2D eigenvalue weighted by Gasteiger charge is -2.27. The van der Waals surface area contributed by atoms with Gasteiger partial charge in [-0.3, -0.25) is 0 Å². The summed E-state index contributed by atoms with van der Waals surface area (Å²) in [5, 5.41) is 0. The summed E-state index contributed by atoms with van der Waals surface area (Å²) < 4.78 is 12.6. The molecule has 1 fully saturated rings. The van der Waals surface area contributed by atoms with Crippen LogP contribution in [0.25, 0.3) is 0 Å². The molecule has 3 rings (SSSR count). The van der Waals surface area contributed by atoms with Gasteiger partial charge < -0.3 is 15.2 Å². The van der Waals surface area contributed by atoms with Gasteiger partial charge >= 0.3 is 0 Å². The summed E-state index contributed by atoms with van der Waals surface area (Å²) in [4.78, 5) is 0. The van der Waals surface area contributed by atoms with E-state index >= 15 is 0 Å². The van der Waals surface area contributed by atoms with Crippen molar-refractivity contribution in [1.82, 2.24) is 0 Å². The van der Waals surface area contributed by atoms with Gasteiger partial charge in [0.05, 0.1) is 0 Å². The van der Waals surface area contributed by atoms with Gasteiger partial charge in [-0.2, -0.15) is 0 Å². The summed E-state index contributed by atoms with van der Waals surface area (Å²) in [6, 6.07) is 2.00. The van der Waals surface area contributed by atoms with Crippen LogP contribution in [0.5, 0.6) is 11.5 Å². The smallest absolute Gasteiger partial charge is 0.165 e. The summed E-state index contributed by atoms with van der Waals surface area (Å²) in [7, 11) is 0. The molecular formula is C13H16BrNO2. The Kier molecular flexibility index (Phi) is 2.60. The molecule has 2 aliphatic rings. The van der Waals surface area contributed by atoms with E-state index in [0.29, 0.717) is 19.8 Å². The zero-order valence-electron chi connectivity index (χ0n) is 9.88. The first-order chi connectivity index (χ1) is 8.18. The lowest BCUT2D eigenvalue weighted by Crippen LogP contribution is -2.25. The molecule has 1 aromatic carbocycles. The highest BCUT2D eigenvalue weighted by Crippen LogP contribution is 2.55. The van der Waals surface area contributed by atoms with Crippen molar-refractivity contribution in [2.45, 2.75) is 25.2 Å². The number of hydrogen-bond donors (Lipinski definition) is 1. The van der Waals surface area contributed by atoms with Crippen LogP contribution in [-0.2, 0) is 5.41 Å². The average molecular weight is 298 g/mol. The Hall–Kier alpha value is -0.740. The van der Waals surface area contributed by atoms with Crippen molar-refractivity contribution in [2.24, 2.45) is 5.73 Å². The normalized spacial score (nSPS) is 20.2. The summed E-state index contributed by atoms with van der Waals surface area (Å²) >= 11 is 3.60. The molecule has 0 radical (unpaired) electrons. The molecule has 0 unspecified atom stereocenters. The van der Waals surface area contributed by atoms with Crippen molar-refractivity contribution in [1.29, 1.82) is 0 Å². The highest BCUT2D eigenvalue weighted by atomic mass is 79.9. The quantitative estimate of drug-likeness (QED) is 0.912. The van der Waals surface area contributed by atoms with Crippen LogP contribution in [0.3, 0.4) is 0 Å². The highest BCUT2D eigenvalue weighted by Gasteiger charge is 2.47. The number of benzene rings is 1. The predicted molar refractivity (Wildman–Crippen MR) is 69.8 cm³/mol. The van der Waals surface area contributed by atoms with E-state index in [2.05, 4.69) is 22.9 Å². The monoisotopic (exact) mass is 297 g/mol. The second kappa shape index (κ2) is 3.89. The Morgan fingerprint density at radius 2 is 2.06 bits per heavy atom. The van der Waals surface area contributed by atoms with E-state index in [1.54, 1.807) is 0 Å². The third kappa shape index (κ3) is 1.66. The Bertz CT molecular complexity index is 469. The SMILES string of the molecule is Cc1c(Br)cc2c(c1C1(CN)CC1)OCCO2. The van der Waals surface area contributed by atoms with E-state index in [9.17, 15) is 0 Å². The molecule has 4 heteroatoms. The number of ether oxygens (including phenoxy) is 2. The Morgan fingerprint density at radius 1 is 1.35 bits per heavy atom. The van der Waals surface area contributed by atoms with Crippen LogP contribution in [0, 0.1) is 6.92 Å². The average Bonchev–Trinajstić information content (AvgIpc) is 3.11. The van der Waals surface area contributed by atoms with E-state index in [0.717, 1.165) is 28.8 Å². The molecule has 1 heterocycles. The topological polar surface area (TPSA) is 44.5 Å². The van der Waals surface area contributed by atoms with Crippen molar-refractivity contribution in [3.05, 3.63) is 21.7 Å².